The minimum absolute atomic E-state index is 0.506. The van der Waals surface area contributed by atoms with Crippen LogP contribution in [0.25, 0.3) is 0 Å². The second-order valence-corrected chi connectivity index (χ2v) is 5.94. The van der Waals surface area contributed by atoms with E-state index >= 15 is 0 Å². The van der Waals surface area contributed by atoms with Gasteiger partial charge in [0.15, 0.2) is 0 Å². The molecule has 0 bridgehead atoms. The van der Waals surface area contributed by atoms with Crippen LogP contribution in [0.3, 0.4) is 0 Å². The summed E-state index contributed by atoms with van der Waals surface area (Å²) >= 11 is 3.65. The Kier molecular flexibility index (Phi) is 6.18. The van der Waals surface area contributed by atoms with Gasteiger partial charge in [-0.15, -0.1) is 0 Å². The Morgan fingerprint density at radius 3 is 3.05 bits per heavy atom. The number of benzene rings is 1. The van der Waals surface area contributed by atoms with Crippen molar-refractivity contribution in [3.05, 3.63) is 29.8 Å². The number of ether oxygens (including phenoxy) is 2. The highest BCUT2D eigenvalue weighted by Gasteiger charge is 2.17. The summed E-state index contributed by atoms with van der Waals surface area (Å²) in [4.78, 5) is 0. The molecule has 1 heterocycles. The third-order valence-corrected chi connectivity index (χ3v) is 4.71. The molecule has 1 saturated heterocycles. The van der Waals surface area contributed by atoms with Crippen molar-refractivity contribution in [2.24, 2.45) is 5.92 Å². The predicted octanol–water partition coefficient (Wildman–Crippen LogP) is 4.21. The van der Waals surface area contributed by atoms with E-state index in [0.717, 1.165) is 24.1 Å². The van der Waals surface area contributed by atoms with E-state index in [1.807, 2.05) is 6.07 Å². The van der Waals surface area contributed by atoms with Gasteiger partial charge in [-0.25, -0.2) is 0 Å². The molecular weight excluding hydrogens is 304 g/mol. The van der Waals surface area contributed by atoms with Gasteiger partial charge < -0.3 is 9.47 Å². The van der Waals surface area contributed by atoms with Crippen LogP contribution in [0, 0.1) is 5.92 Å². The van der Waals surface area contributed by atoms with Gasteiger partial charge in [-0.1, -0.05) is 28.1 Å². The summed E-state index contributed by atoms with van der Waals surface area (Å²) in [5, 5.41) is 1.05. The van der Waals surface area contributed by atoms with E-state index in [1.165, 1.54) is 31.2 Å². The van der Waals surface area contributed by atoms with Crippen molar-refractivity contribution in [1.29, 1.82) is 0 Å². The lowest BCUT2D eigenvalue weighted by Gasteiger charge is -2.17. The highest BCUT2D eigenvalue weighted by molar-refractivity contribution is 9.09. The van der Waals surface area contributed by atoms with Crippen LogP contribution in [0.1, 0.15) is 31.2 Å². The maximum Gasteiger partial charge on any atom is 0.119 e. The molecule has 1 fully saturated rings. The van der Waals surface area contributed by atoms with E-state index in [2.05, 4.69) is 34.1 Å². The summed E-state index contributed by atoms with van der Waals surface area (Å²) in [5.74, 6) is 1.63. The molecule has 2 nitrogen and oxygen atoms in total. The van der Waals surface area contributed by atoms with Crippen molar-refractivity contribution in [2.75, 3.05) is 19.0 Å². The Bertz CT molecular complexity index is 375. The standard InChI is InChI=1S/C16H23BrO2/c1-18-16-5-2-4-13(11-16)10-14(12-17)7-8-15-6-3-9-19-15/h2,4-5,11,14-15H,3,6-10,12H2,1H3. The van der Waals surface area contributed by atoms with Gasteiger partial charge in [-0.2, -0.15) is 0 Å². The Morgan fingerprint density at radius 2 is 2.37 bits per heavy atom. The Balaban J connectivity index is 1.83. The highest BCUT2D eigenvalue weighted by Crippen LogP contribution is 2.24. The van der Waals surface area contributed by atoms with Gasteiger partial charge in [0.25, 0.3) is 0 Å². The van der Waals surface area contributed by atoms with Crippen molar-refractivity contribution in [1.82, 2.24) is 0 Å². The number of rotatable bonds is 7. The van der Waals surface area contributed by atoms with E-state index < -0.39 is 0 Å². The maximum absolute atomic E-state index is 5.70. The van der Waals surface area contributed by atoms with E-state index in [-0.39, 0.29) is 0 Å². The molecule has 0 aromatic heterocycles. The highest BCUT2D eigenvalue weighted by atomic mass is 79.9. The average Bonchev–Trinajstić information content (AvgIpc) is 2.97. The number of hydrogen-bond donors (Lipinski definition) is 0. The molecule has 1 aliphatic rings. The number of alkyl halides is 1. The first-order valence-electron chi connectivity index (χ1n) is 7.12. The molecule has 2 atom stereocenters. The smallest absolute Gasteiger partial charge is 0.119 e. The molecule has 2 rings (SSSR count). The number of halogens is 1. The summed E-state index contributed by atoms with van der Waals surface area (Å²) in [6.07, 6.45) is 6.52. The van der Waals surface area contributed by atoms with Gasteiger partial charge in [0.1, 0.15) is 5.75 Å². The first kappa shape index (κ1) is 14.9. The average molecular weight is 327 g/mol. The van der Waals surface area contributed by atoms with Crippen LogP contribution in [-0.2, 0) is 11.2 Å². The first-order chi connectivity index (χ1) is 9.31. The fourth-order valence-electron chi connectivity index (χ4n) is 2.66. The Hall–Kier alpha value is -0.540. The van der Waals surface area contributed by atoms with Gasteiger partial charge in [0.2, 0.25) is 0 Å². The van der Waals surface area contributed by atoms with Crippen LogP contribution in [0.2, 0.25) is 0 Å². The van der Waals surface area contributed by atoms with Crippen molar-refractivity contribution in [3.63, 3.8) is 0 Å². The zero-order valence-electron chi connectivity index (χ0n) is 11.6. The van der Waals surface area contributed by atoms with E-state index in [4.69, 9.17) is 9.47 Å². The first-order valence-corrected chi connectivity index (χ1v) is 8.24. The van der Waals surface area contributed by atoms with Crippen LogP contribution in [0.15, 0.2) is 24.3 Å². The lowest BCUT2D eigenvalue weighted by Crippen LogP contribution is -2.12. The molecule has 3 heteroatoms. The minimum Gasteiger partial charge on any atom is -0.497 e. The molecule has 1 aromatic rings. The molecule has 19 heavy (non-hydrogen) atoms. The normalized spacial score (nSPS) is 20.4. The zero-order valence-corrected chi connectivity index (χ0v) is 13.2. The molecule has 0 amide bonds. The molecule has 0 N–H and O–H groups in total. The summed E-state index contributed by atoms with van der Waals surface area (Å²) in [7, 11) is 1.72. The molecule has 0 aliphatic carbocycles. The summed E-state index contributed by atoms with van der Waals surface area (Å²) in [5.41, 5.74) is 1.36. The molecule has 0 radical (unpaired) electrons. The molecule has 2 unspecified atom stereocenters. The van der Waals surface area contributed by atoms with Gasteiger partial charge in [-0.3, -0.25) is 0 Å². The van der Waals surface area contributed by atoms with Gasteiger partial charge in [0, 0.05) is 11.9 Å². The van der Waals surface area contributed by atoms with E-state index in [1.54, 1.807) is 7.11 Å². The lowest BCUT2D eigenvalue weighted by molar-refractivity contribution is 0.0989. The number of methoxy groups -OCH3 is 1. The molecule has 106 valence electrons. The quantitative estimate of drug-likeness (QED) is 0.699. The summed E-state index contributed by atoms with van der Waals surface area (Å²) in [6.45, 7) is 0.958. The molecule has 1 aliphatic heterocycles. The van der Waals surface area contributed by atoms with E-state index in [9.17, 15) is 0 Å². The monoisotopic (exact) mass is 326 g/mol. The molecule has 0 spiro atoms. The topological polar surface area (TPSA) is 18.5 Å². The Morgan fingerprint density at radius 1 is 1.47 bits per heavy atom. The van der Waals surface area contributed by atoms with Gasteiger partial charge in [0.05, 0.1) is 13.2 Å². The Labute approximate surface area is 124 Å². The summed E-state index contributed by atoms with van der Waals surface area (Å²) < 4.78 is 11.0. The largest absolute Gasteiger partial charge is 0.497 e. The van der Waals surface area contributed by atoms with Gasteiger partial charge in [-0.05, 0) is 55.7 Å². The third-order valence-electron chi connectivity index (χ3n) is 3.80. The van der Waals surface area contributed by atoms with Crippen LogP contribution in [0.5, 0.6) is 5.75 Å². The van der Waals surface area contributed by atoms with Crippen LogP contribution >= 0.6 is 15.9 Å². The van der Waals surface area contributed by atoms with Crippen LogP contribution in [-0.4, -0.2) is 25.2 Å². The fraction of sp³-hybridized carbons (Fsp3) is 0.625. The molecule has 1 aromatic carbocycles. The lowest BCUT2D eigenvalue weighted by atomic mass is 9.94. The van der Waals surface area contributed by atoms with Crippen molar-refractivity contribution >= 4 is 15.9 Å². The van der Waals surface area contributed by atoms with Crippen LogP contribution < -0.4 is 4.74 Å². The predicted molar refractivity (Wildman–Crippen MR) is 82.2 cm³/mol. The summed E-state index contributed by atoms with van der Waals surface area (Å²) in [6, 6.07) is 8.39. The van der Waals surface area contributed by atoms with Crippen molar-refractivity contribution in [3.8, 4) is 5.75 Å². The molecule has 0 saturated carbocycles. The second kappa shape index (κ2) is 7.91. The van der Waals surface area contributed by atoms with Crippen molar-refractivity contribution in [2.45, 2.75) is 38.2 Å². The van der Waals surface area contributed by atoms with Crippen molar-refractivity contribution < 1.29 is 9.47 Å². The van der Waals surface area contributed by atoms with E-state index in [0.29, 0.717) is 12.0 Å². The van der Waals surface area contributed by atoms with Gasteiger partial charge >= 0.3 is 0 Å². The second-order valence-electron chi connectivity index (χ2n) is 5.29. The maximum atomic E-state index is 5.70. The molecular formula is C16H23BrO2. The third kappa shape index (κ3) is 4.81. The zero-order chi connectivity index (χ0) is 13.5. The van der Waals surface area contributed by atoms with Crippen LogP contribution in [0.4, 0.5) is 0 Å². The number of hydrogen-bond acceptors (Lipinski definition) is 2. The SMILES string of the molecule is COc1cccc(CC(CBr)CCC2CCCO2)c1. The fourth-order valence-corrected chi connectivity index (χ4v) is 3.21. The minimum atomic E-state index is 0.506.